The first-order valence-corrected chi connectivity index (χ1v) is 26.3. The topological polar surface area (TPSA) is 57.4 Å². The van der Waals surface area contributed by atoms with Gasteiger partial charge >= 0.3 is 0 Å². The highest BCUT2D eigenvalue weighted by Crippen LogP contribution is 2.67. The number of benzene rings is 4. The van der Waals surface area contributed by atoms with Crippen LogP contribution in [0, 0.1) is 0 Å². The fourth-order valence-electron chi connectivity index (χ4n) is 11.9. The standard InChI is InChI=1S/C60H46B12N4/c1-53(61)57(65,69-53)29-33-5-13-37(14-6-33)49-41-21-23-43(73-41)50(38-15-7-34(8-16-38)30-58(66)54(2,62)70-58)45-25-27-47(75-45)52(40-19-11-36(12-20-40)32-60(68)56(4,64)72-60)48-28-26-46(76-48)51(44-24-22-42(49)74-44)39-17-9-35(10-18-39)31-59(67)55(3,63)71-59/h5-28,73,76H,29-32H2,1-4H3. The molecule has 4 fully saturated rings. The SMILES string of the molecule is [B]C1(C)[B]C1([B])Cc1ccc(-c2c3nc(c(-c4ccc(CC5([B])[B]C5([B])C)cc4)c4ccc([nH]4)c(-c4ccc(CC5([B])[B]C5([B])C)cc4)c4nc(c(-c5ccc(CC6([B])[B]C6([B])C)cc5)c5ccc2[nH]5)C=C4)C=C3)cc1. The molecule has 4 saturated heterocycles. The summed E-state index contributed by atoms with van der Waals surface area (Å²) >= 11 is 0. The number of hydrogen-bond acceptors (Lipinski definition) is 2. The van der Waals surface area contributed by atoms with E-state index in [0.717, 1.165) is 112 Å². The average molecular weight is 953 g/mol. The van der Waals surface area contributed by atoms with Crippen LogP contribution in [0.5, 0.6) is 0 Å². The Morgan fingerprint density at radius 1 is 0.316 bits per heavy atom. The van der Waals surface area contributed by atoms with Gasteiger partial charge in [-0.15, -0.1) is 20.9 Å². The maximum Gasteiger partial charge on any atom is 0.102 e. The molecule has 2 N–H and O–H groups in total. The van der Waals surface area contributed by atoms with Crippen molar-refractivity contribution in [1.82, 2.24) is 19.9 Å². The van der Waals surface area contributed by atoms with Crippen molar-refractivity contribution in [1.29, 1.82) is 0 Å². The number of nitrogens with zero attached hydrogens (tertiary/aromatic N) is 2. The molecule has 8 bridgehead atoms. The van der Waals surface area contributed by atoms with Gasteiger partial charge in [-0.05, 0) is 119 Å². The van der Waals surface area contributed by atoms with Gasteiger partial charge in [0.25, 0.3) is 0 Å². The molecule has 20 radical (unpaired) electrons. The average Bonchev–Trinajstić information content (AvgIpc) is 3.97. The maximum atomic E-state index is 6.71. The van der Waals surface area contributed by atoms with Crippen molar-refractivity contribution < 1.29 is 0 Å². The van der Waals surface area contributed by atoms with Crippen molar-refractivity contribution >= 4 is 138 Å². The molecule has 0 saturated carbocycles. The Morgan fingerprint density at radius 3 is 0.671 bits per heavy atom. The number of aromatic amines is 2. The van der Waals surface area contributed by atoms with Gasteiger partial charge in [-0.3, -0.25) is 0 Å². The van der Waals surface area contributed by atoms with E-state index in [1.165, 1.54) is 0 Å². The van der Waals surface area contributed by atoms with Gasteiger partial charge in [0.1, 0.15) is 29.1 Å². The minimum atomic E-state index is -0.554. The summed E-state index contributed by atoms with van der Waals surface area (Å²) in [6.07, 6.45) is 11.0. The lowest BCUT2D eigenvalue weighted by Gasteiger charge is -2.17. The third-order valence-electron chi connectivity index (χ3n) is 17.6. The highest BCUT2D eigenvalue weighted by atomic mass is 14.8. The fourth-order valence-corrected chi connectivity index (χ4v) is 11.9. The predicted molar refractivity (Wildman–Crippen MR) is 329 cm³/mol. The highest BCUT2D eigenvalue weighted by molar-refractivity contribution is 6.82. The van der Waals surface area contributed by atoms with E-state index in [2.05, 4.69) is 156 Å². The Kier molecular flexibility index (Phi) is 11.1. The van der Waals surface area contributed by atoms with E-state index >= 15 is 0 Å². The minimum absolute atomic E-state index is 0.509. The summed E-state index contributed by atoms with van der Waals surface area (Å²) in [5.74, 6) is 0. The lowest BCUT2D eigenvalue weighted by atomic mass is 9.65. The summed E-state index contributed by atoms with van der Waals surface area (Å²) in [4.78, 5) is 18.9. The molecule has 342 valence electrons. The maximum absolute atomic E-state index is 6.71. The summed E-state index contributed by atoms with van der Waals surface area (Å²) < 4.78 is 0. The third kappa shape index (κ3) is 8.53. The molecular formula is C60H46B12N4. The molecule has 6 aliphatic heterocycles. The van der Waals surface area contributed by atoms with Gasteiger partial charge in [-0.25, -0.2) is 9.97 Å². The van der Waals surface area contributed by atoms with E-state index < -0.39 is 41.7 Å². The summed E-state index contributed by atoms with van der Waals surface area (Å²) in [5, 5.41) is -4.25. The molecule has 76 heavy (non-hydrogen) atoms. The van der Waals surface area contributed by atoms with Crippen LogP contribution < -0.4 is 0 Å². The molecule has 6 aliphatic rings. The van der Waals surface area contributed by atoms with Crippen molar-refractivity contribution in [3.8, 4) is 44.5 Å². The Balaban J connectivity index is 1.03. The minimum Gasteiger partial charge on any atom is -0.354 e. The smallest absolute Gasteiger partial charge is 0.102 e. The zero-order chi connectivity index (χ0) is 53.0. The number of aromatic nitrogens is 4. The quantitative estimate of drug-likeness (QED) is 0.120. The summed E-state index contributed by atoms with van der Waals surface area (Å²) in [5.41, 5.74) is 19.0. The van der Waals surface area contributed by atoms with E-state index in [9.17, 15) is 0 Å². The Morgan fingerprint density at radius 2 is 0.500 bits per heavy atom. The van der Waals surface area contributed by atoms with Crippen molar-refractivity contribution in [3.05, 3.63) is 166 Å². The molecular weight excluding hydrogens is 906 g/mol. The second kappa shape index (κ2) is 16.9. The third-order valence-corrected chi connectivity index (χ3v) is 17.6. The zero-order valence-corrected chi connectivity index (χ0v) is 43.5. The zero-order valence-electron chi connectivity index (χ0n) is 43.5. The predicted octanol–water partition coefficient (Wildman–Crippen LogP) is 10.7. The first kappa shape index (κ1) is 49.8. The van der Waals surface area contributed by atoms with Crippen LogP contribution in [0.1, 0.15) is 72.7 Å². The van der Waals surface area contributed by atoms with Crippen LogP contribution in [-0.2, 0) is 25.7 Å². The number of nitrogens with one attached hydrogen (secondary N) is 2. The first-order chi connectivity index (χ1) is 35.9. The van der Waals surface area contributed by atoms with Gasteiger partial charge in [0.2, 0.25) is 0 Å². The molecule has 0 spiro atoms. The molecule has 4 aromatic carbocycles. The molecule has 8 unspecified atom stereocenters. The van der Waals surface area contributed by atoms with Gasteiger partial charge in [0.15, 0.2) is 0 Å². The van der Waals surface area contributed by atoms with E-state index in [1.807, 2.05) is 56.8 Å². The van der Waals surface area contributed by atoms with Crippen LogP contribution in [0.2, 0.25) is 41.7 Å². The Labute approximate surface area is 461 Å². The number of H-pyrrole nitrogens is 2. The highest BCUT2D eigenvalue weighted by Gasteiger charge is 2.58. The van der Waals surface area contributed by atoms with Crippen LogP contribution in [0.4, 0.5) is 0 Å². The van der Waals surface area contributed by atoms with Crippen LogP contribution in [-0.4, -0.2) is 112 Å². The molecule has 8 atom stereocenters. The van der Waals surface area contributed by atoms with Gasteiger partial charge in [0.05, 0.1) is 85.5 Å². The molecule has 4 nitrogen and oxygen atoms in total. The van der Waals surface area contributed by atoms with Crippen LogP contribution in [0.3, 0.4) is 0 Å². The number of fused-ring (bicyclic) bond motifs is 8. The van der Waals surface area contributed by atoms with Crippen LogP contribution in [0.15, 0.2) is 121 Å². The van der Waals surface area contributed by atoms with E-state index in [1.54, 1.807) is 0 Å². The monoisotopic (exact) mass is 954 g/mol. The normalized spacial score (nSPS) is 30.2. The Hall–Kier alpha value is -5.74. The molecule has 16 heteroatoms. The van der Waals surface area contributed by atoms with Gasteiger partial charge in [-0.2, -0.15) is 0 Å². The number of rotatable bonds is 12. The molecule has 13 rings (SSSR count). The second-order valence-electron chi connectivity index (χ2n) is 23.9. The second-order valence-corrected chi connectivity index (χ2v) is 23.9. The summed E-state index contributed by atoms with van der Waals surface area (Å²) in [6.45, 7) is 7.91. The molecule has 0 amide bonds. The van der Waals surface area contributed by atoms with Crippen molar-refractivity contribution in [2.75, 3.05) is 0 Å². The van der Waals surface area contributed by atoms with Crippen molar-refractivity contribution in [2.24, 2.45) is 0 Å². The molecule has 3 aromatic heterocycles. The molecule has 9 heterocycles. The van der Waals surface area contributed by atoms with Gasteiger partial charge in [-0.1, -0.05) is 146 Å². The van der Waals surface area contributed by atoms with Crippen LogP contribution >= 0.6 is 0 Å². The van der Waals surface area contributed by atoms with E-state index in [-0.39, 0.29) is 0 Å². The summed E-state index contributed by atoms with van der Waals surface area (Å²) in [7, 11) is 60.7. The fraction of sp³-hybridized carbons (Fsp3) is 0.267. The van der Waals surface area contributed by atoms with Crippen LogP contribution in [0.25, 0.3) is 90.9 Å². The number of hydrogen-bond donors (Lipinski definition) is 2. The van der Waals surface area contributed by atoms with E-state index in [4.69, 9.17) is 72.7 Å². The van der Waals surface area contributed by atoms with Crippen molar-refractivity contribution in [3.63, 3.8) is 0 Å². The first-order valence-electron chi connectivity index (χ1n) is 26.3. The lowest BCUT2D eigenvalue weighted by Crippen LogP contribution is -2.04. The molecule has 7 aromatic rings. The largest absolute Gasteiger partial charge is 0.354 e. The Bertz CT molecular complexity index is 3300. The summed E-state index contributed by atoms with van der Waals surface area (Å²) in [6, 6.07) is 43.0. The van der Waals surface area contributed by atoms with Crippen molar-refractivity contribution in [2.45, 2.75) is 95.1 Å². The van der Waals surface area contributed by atoms with E-state index in [0.29, 0.717) is 25.7 Å². The van der Waals surface area contributed by atoms with Gasteiger partial charge < -0.3 is 9.97 Å². The lowest BCUT2D eigenvalue weighted by molar-refractivity contribution is 0.787. The molecule has 0 aliphatic carbocycles. The van der Waals surface area contributed by atoms with Gasteiger partial charge in [0, 0.05) is 44.3 Å².